The molecule has 0 radical (unpaired) electrons. The van der Waals surface area contributed by atoms with Crippen LogP contribution in [0.1, 0.15) is 18.1 Å². The zero-order valence-electron chi connectivity index (χ0n) is 10.5. The third kappa shape index (κ3) is 3.34. The van der Waals surface area contributed by atoms with Crippen LogP contribution >= 0.6 is 11.6 Å². The molecule has 0 amide bonds. The summed E-state index contributed by atoms with van der Waals surface area (Å²) in [6.07, 6.45) is 1.11. The van der Waals surface area contributed by atoms with Crippen LogP contribution in [0.15, 0.2) is 24.3 Å². The molecule has 2 N–H and O–H groups in total. The van der Waals surface area contributed by atoms with Crippen molar-refractivity contribution >= 4 is 19.7 Å². The van der Waals surface area contributed by atoms with Crippen molar-refractivity contribution in [2.75, 3.05) is 5.50 Å². The van der Waals surface area contributed by atoms with Crippen LogP contribution in [0.3, 0.4) is 0 Å². The molecule has 1 aromatic rings. The maximum Gasteiger partial charge on any atom is 0.0670 e. The maximum atomic E-state index is 6.06. The summed E-state index contributed by atoms with van der Waals surface area (Å²) in [6.45, 7) is 7.67. The highest BCUT2D eigenvalue weighted by atomic mass is 35.5. The fourth-order valence-electron chi connectivity index (χ4n) is 1.69. The Morgan fingerprint density at radius 3 is 2.31 bits per heavy atom. The lowest BCUT2D eigenvalue weighted by Gasteiger charge is -2.28. The Morgan fingerprint density at radius 1 is 1.25 bits per heavy atom. The molecule has 1 atom stereocenters. The quantitative estimate of drug-likeness (QED) is 0.632. The van der Waals surface area contributed by atoms with Gasteiger partial charge < -0.3 is 5.73 Å². The lowest BCUT2D eigenvalue weighted by Crippen LogP contribution is -2.35. The topological polar surface area (TPSA) is 26.0 Å². The summed E-state index contributed by atoms with van der Waals surface area (Å²) in [5.41, 5.74) is 9.94. The van der Waals surface area contributed by atoms with Crippen LogP contribution in [-0.4, -0.2) is 13.6 Å². The maximum absolute atomic E-state index is 6.06. The van der Waals surface area contributed by atoms with Gasteiger partial charge >= 0.3 is 0 Å². The van der Waals surface area contributed by atoms with Gasteiger partial charge in [-0.05, 0) is 23.1 Å². The predicted molar refractivity (Wildman–Crippen MR) is 75.7 cm³/mol. The van der Waals surface area contributed by atoms with Crippen molar-refractivity contribution in [1.82, 2.24) is 0 Å². The zero-order valence-corrected chi connectivity index (χ0v) is 12.2. The van der Waals surface area contributed by atoms with Gasteiger partial charge in [0.15, 0.2) is 0 Å². The van der Waals surface area contributed by atoms with E-state index in [2.05, 4.69) is 44.3 Å². The van der Waals surface area contributed by atoms with Gasteiger partial charge in [-0.3, -0.25) is 0 Å². The molecule has 0 unspecified atom stereocenters. The highest BCUT2D eigenvalue weighted by Gasteiger charge is 2.27. The van der Waals surface area contributed by atoms with E-state index in [0.29, 0.717) is 12.1 Å². The molecule has 16 heavy (non-hydrogen) atoms. The second kappa shape index (κ2) is 5.85. The molecule has 0 aliphatic heterocycles. The molecule has 1 aromatic carbocycles. The van der Waals surface area contributed by atoms with E-state index in [0.717, 1.165) is 11.9 Å². The molecular formula is C13H22ClNSi. The van der Waals surface area contributed by atoms with Gasteiger partial charge in [0.25, 0.3) is 0 Å². The lowest BCUT2D eigenvalue weighted by atomic mass is 10.0. The highest BCUT2D eigenvalue weighted by Crippen LogP contribution is 2.27. The number of benzene rings is 1. The Kier molecular flexibility index (Phi) is 5.03. The summed E-state index contributed by atoms with van der Waals surface area (Å²) in [4.78, 5) is 0. The van der Waals surface area contributed by atoms with Gasteiger partial charge in [-0.15, -0.1) is 11.6 Å². The number of alkyl halides is 1. The van der Waals surface area contributed by atoms with Crippen molar-refractivity contribution in [1.29, 1.82) is 0 Å². The Balaban J connectivity index is 2.80. The summed E-state index contributed by atoms with van der Waals surface area (Å²) < 4.78 is 0. The van der Waals surface area contributed by atoms with Gasteiger partial charge in [-0.1, -0.05) is 44.3 Å². The summed E-state index contributed by atoms with van der Waals surface area (Å²) in [5.74, 6) is 0. The fraction of sp³-hybridized carbons (Fsp3) is 0.538. The van der Waals surface area contributed by atoms with Gasteiger partial charge in [-0.25, -0.2) is 0 Å². The highest BCUT2D eigenvalue weighted by molar-refractivity contribution is 6.84. The normalized spacial score (nSPS) is 13.8. The van der Waals surface area contributed by atoms with Crippen LogP contribution in [0.4, 0.5) is 0 Å². The van der Waals surface area contributed by atoms with Crippen molar-refractivity contribution in [3.63, 3.8) is 0 Å². The van der Waals surface area contributed by atoms with Gasteiger partial charge in [0.1, 0.15) is 0 Å². The molecule has 0 spiro atoms. The Hall–Kier alpha value is -0.313. The fourth-order valence-corrected chi connectivity index (χ4v) is 3.52. The lowest BCUT2D eigenvalue weighted by molar-refractivity contribution is 0.854. The van der Waals surface area contributed by atoms with E-state index in [1.165, 1.54) is 11.1 Å². The first-order valence-electron chi connectivity index (χ1n) is 5.84. The predicted octanol–water partition coefficient (Wildman–Crippen LogP) is 3.56. The van der Waals surface area contributed by atoms with Crippen molar-refractivity contribution in [3.05, 3.63) is 35.4 Å². The second-order valence-corrected chi connectivity index (χ2v) is 11.2. The van der Waals surface area contributed by atoms with Crippen LogP contribution < -0.4 is 5.73 Å². The molecule has 0 aromatic heterocycles. The monoisotopic (exact) mass is 255 g/mol. The smallest absolute Gasteiger partial charge is 0.0670 e. The average Bonchev–Trinajstić information content (AvgIpc) is 2.29. The van der Waals surface area contributed by atoms with E-state index < -0.39 is 8.07 Å². The molecule has 3 heteroatoms. The van der Waals surface area contributed by atoms with E-state index >= 15 is 0 Å². The third-order valence-electron chi connectivity index (χ3n) is 3.54. The van der Waals surface area contributed by atoms with Gasteiger partial charge in [-0.2, -0.15) is 0 Å². The van der Waals surface area contributed by atoms with Crippen LogP contribution in [0, 0.1) is 0 Å². The minimum atomic E-state index is -1.27. The summed E-state index contributed by atoms with van der Waals surface area (Å²) in [5, 5.41) is 0. The third-order valence-corrected chi connectivity index (χ3v) is 9.17. The first-order valence-corrected chi connectivity index (χ1v) is 9.66. The zero-order chi connectivity index (χ0) is 12.2. The van der Waals surface area contributed by atoms with Crippen LogP contribution in [0.2, 0.25) is 18.6 Å². The standard InChI is InChI=1S/C13H22ClNSi/c1-11(16(2,3)10-14)8-12-6-4-5-7-13(12)9-15/h4-7,11H,8-10,15H2,1-3H3/t11-/m0/s1. The molecule has 1 rings (SSSR count). The van der Waals surface area contributed by atoms with Crippen molar-refractivity contribution in [2.24, 2.45) is 5.73 Å². The van der Waals surface area contributed by atoms with Crippen LogP contribution in [-0.2, 0) is 13.0 Å². The number of hydrogen-bond acceptors (Lipinski definition) is 1. The molecule has 1 nitrogen and oxygen atoms in total. The van der Waals surface area contributed by atoms with Crippen LogP contribution in [0.25, 0.3) is 0 Å². The van der Waals surface area contributed by atoms with E-state index in [1.807, 2.05) is 0 Å². The first-order chi connectivity index (χ1) is 7.51. The SMILES string of the molecule is C[C@@H](Cc1ccccc1CN)[Si](C)(C)CCl. The summed E-state index contributed by atoms with van der Waals surface area (Å²) in [7, 11) is -1.27. The molecule has 0 saturated carbocycles. The van der Waals surface area contributed by atoms with E-state index in [4.69, 9.17) is 17.3 Å². The molecule has 0 bridgehead atoms. The molecule has 0 fully saturated rings. The Bertz CT molecular complexity index is 338. The number of nitrogens with two attached hydrogens (primary N) is 1. The number of halogens is 1. The Morgan fingerprint density at radius 2 is 1.81 bits per heavy atom. The number of rotatable bonds is 5. The van der Waals surface area contributed by atoms with Crippen molar-refractivity contribution in [3.8, 4) is 0 Å². The van der Waals surface area contributed by atoms with Crippen LogP contribution in [0.5, 0.6) is 0 Å². The molecule has 0 aliphatic rings. The molecule has 90 valence electrons. The second-order valence-electron chi connectivity index (χ2n) is 5.20. The van der Waals surface area contributed by atoms with Gasteiger partial charge in [0.05, 0.1) is 8.07 Å². The minimum Gasteiger partial charge on any atom is -0.326 e. The molecule has 0 saturated heterocycles. The van der Waals surface area contributed by atoms with Gasteiger partial charge in [0, 0.05) is 12.0 Å². The van der Waals surface area contributed by atoms with Crippen molar-refractivity contribution < 1.29 is 0 Å². The molecule has 0 aliphatic carbocycles. The van der Waals surface area contributed by atoms with Crippen molar-refractivity contribution in [2.45, 2.75) is 38.5 Å². The molecule has 0 heterocycles. The largest absolute Gasteiger partial charge is 0.326 e. The average molecular weight is 256 g/mol. The first kappa shape index (κ1) is 13.8. The Labute approximate surface area is 105 Å². The van der Waals surface area contributed by atoms with E-state index in [9.17, 15) is 0 Å². The molecular weight excluding hydrogens is 234 g/mol. The number of hydrogen-bond donors (Lipinski definition) is 1. The van der Waals surface area contributed by atoms with E-state index in [-0.39, 0.29) is 0 Å². The van der Waals surface area contributed by atoms with Gasteiger partial charge in [0.2, 0.25) is 0 Å². The van der Waals surface area contributed by atoms with E-state index in [1.54, 1.807) is 0 Å². The summed E-state index contributed by atoms with van der Waals surface area (Å²) in [6, 6.07) is 8.46. The summed E-state index contributed by atoms with van der Waals surface area (Å²) >= 11 is 6.06. The minimum absolute atomic E-state index is 0.631.